The van der Waals surface area contributed by atoms with E-state index in [1.165, 1.54) is 14.2 Å². The molecule has 5 nitrogen and oxygen atoms in total. The number of hydrogen-bond acceptors (Lipinski definition) is 5. The molecule has 0 spiro atoms. The maximum absolute atomic E-state index is 11.2. The number of phenolic OH excluding ortho intramolecular Hbond substituents is 2. The Balaban J connectivity index is 2.27. The average Bonchev–Trinajstić information content (AvgIpc) is 2.78. The van der Waals surface area contributed by atoms with E-state index in [0.717, 1.165) is 16.7 Å². The van der Waals surface area contributed by atoms with Gasteiger partial charge in [-0.25, -0.2) is 0 Å². The van der Waals surface area contributed by atoms with Crippen molar-refractivity contribution in [2.75, 3.05) is 21.3 Å². The largest absolute Gasteiger partial charge is 0.504 e. The minimum Gasteiger partial charge on any atom is -0.504 e. The van der Waals surface area contributed by atoms with Crippen LogP contribution in [0.3, 0.4) is 0 Å². The summed E-state index contributed by atoms with van der Waals surface area (Å²) < 4.78 is 16.6. The van der Waals surface area contributed by atoms with Gasteiger partial charge in [-0.2, -0.15) is 0 Å². The van der Waals surface area contributed by atoms with Gasteiger partial charge >= 0.3 is 0 Å². The highest BCUT2D eigenvalue weighted by molar-refractivity contribution is 5.88. The normalized spacial score (nSPS) is 10.5. The first-order valence-electron chi connectivity index (χ1n) is 9.98. The number of allylic oxidation sites excluding steroid dienone is 2. The first-order valence-corrected chi connectivity index (χ1v) is 9.98. The summed E-state index contributed by atoms with van der Waals surface area (Å²) in [5.74, 6) is 1.19. The molecular formula is C26H28O5. The summed E-state index contributed by atoms with van der Waals surface area (Å²) in [6.45, 7) is 4.00. The Morgan fingerprint density at radius 3 is 2.06 bits per heavy atom. The van der Waals surface area contributed by atoms with Crippen LogP contribution in [0.1, 0.15) is 19.4 Å². The van der Waals surface area contributed by atoms with E-state index < -0.39 is 0 Å². The minimum atomic E-state index is -0.0402. The zero-order valence-electron chi connectivity index (χ0n) is 18.5. The molecule has 0 fully saturated rings. The van der Waals surface area contributed by atoms with Crippen LogP contribution in [-0.2, 0) is 6.42 Å². The highest BCUT2D eigenvalue weighted by atomic mass is 16.5. The first-order chi connectivity index (χ1) is 14.9. The smallest absolute Gasteiger partial charge is 0.170 e. The third kappa shape index (κ3) is 4.45. The molecule has 0 unspecified atom stereocenters. The Kier molecular flexibility index (Phi) is 6.75. The molecule has 0 saturated heterocycles. The Labute approximate surface area is 183 Å². The second kappa shape index (κ2) is 9.47. The molecule has 0 amide bonds. The molecule has 5 heteroatoms. The summed E-state index contributed by atoms with van der Waals surface area (Å²) in [6.07, 6.45) is 2.55. The molecule has 2 N–H and O–H groups in total. The number of rotatable bonds is 7. The average molecular weight is 421 g/mol. The fourth-order valence-electron chi connectivity index (χ4n) is 3.54. The lowest BCUT2D eigenvalue weighted by atomic mass is 9.94. The second-order valence-electron chi connectivity index (χ2n) is 7.42. The van der Waals surface area contributed by atoms with Gasteiger partial charge in [-0.3, -0.25) is 0 Å². The van der Waals surface area contributed by atoms with E-state index in [4.69, 9.17) is 14.2 Å². The SMILES string of the molecule is COc1cc(-c2c(OC)cc(-c3ccccc3)c(OC)c2O)cc(CC=C(C)C)c1O. The Morgan fingerprint density at radius 2 is 1.48 bits per heavy atom. The van der Waals surface area contributed by atoms with Crippen molar-refractivity contribution in [3.8, 4) is 51.0 Å². The summed E-state index contributed by atoms with van der Waals surface area (Å²) in [6, 6.07) is 15.0. The molecule has 31 heavy (non-hydrogen) atoms. The Hall–Kier alpha value is -3.60. The molecular weight excluding hydrogens is 392 g/mol. The van der Waals surface area contributed by atoms with Crippen molar-refractivity contribution < 1.29 is 24.4 Å². The number of ether oxygens (including phenoxy) is 3. The van der Waals surface area contributed by atoms with E-state index in [2.05, 4.69) is 0 Å². The third-order valence-electron chi connectivity index (χ3n) is 5.12. The van der Waals surface area contributed by atoms with Crippen LogP contribution < -0.4 is 14.2 Å². The molecule has 0 aromatic heterocycles. The van der Waals surface area contributed by atoms with Crippen molar-refractivity contribution in [1.82, 2.24) is 0 Å². The zero-order chi connectivity index (χ0) is 22.5. The van der Waals surface area contributed by atoms with Gasteiger partial charge in [0.05, 0.1) is 26.9 Å². The summed E-state index contributed by atoms with van der Waals surface area (Å²) in [4.78, 5) is 0. The Morgan fingerprint density at radius 1 is 0.806 bits per heavy atom. The highest BCUT2D eigenvalue weighted by Gasteiger charge is 2.23. The number of phenols is 2. The van der Waals surface area contributed by atoms with Crippen molar-refractivity contribution in [2.45, 2.75) is 20.3 Å². The van der Waals surface area contributed by atoms with Crippen molar-refractivity contribution >= 4 is 0 Å². The highest BCUT2D eigenvalue weighted by Crippen LogP contribution is 2.50. The van der Waals surface area contributed by atoms with Crippen molar-refractivity contribution in [2.24, 2.45) is 0 Å². The van der Waals surface area contributed by atoms with Gasteiger partial charge in [0.2, 0.25) is 0 Å². The van der Waals surface area contributed by atoms with Crippen molar-refractivity contribution in [3.63, 3.8) is 0 Å². The van der Waals surface area contributed by atoms with Crippen molar-refractivity contribution in [1.29, 1.82) is 0 Å². The molecule has 0 aliphatic rings. The van der Waals surface area contributed by atoms with Gasteiger partial charge in [-0.05, 0) is 49.6 Å². The number of benzene rings is 3. The minimum absolute atomic E-state index is 0.0402. The molecule has 0 heterocycles. The number of methoxy groups -OCH3 is 3. The standard InChI is InChI=1S/C26H28O5/c1-16(2)11-12-18-13-19(14-22(30-4)24(18)27)23-21(29-3)15-20(26(31-5)25(23)28)17-9-7-6-8-10-17/h6-11,13-15,27-28H,12H2,1-5H3. The fourth-order valence-corrected chi connectivity index (χ4v) is 3.54. The van der Waals surface area contributed by atoms with Crippen LogP contribution in [0.15, 0.2) is 60.2 Å². The lowest BCUT2D eigenvalue weighted by molar-refractivity contribution is 0.368. The molecule has 0 atom stereocenters. The maximum Gasteiger partial charge on any atom is 0.170 e. The zero-order valence-corrected chi connectivity index (χ0v) is 18.5. The molecule has 3 aromatic rings. The van der Waals surface area contributed by atoms with E-state index >= 15 is 0 Å². The third-order valence-corrected chi connectivity index (χ3v) is 5.12. The molecule has 3 aromatic carbocycles. The van der Waals surface area contributed by atoms with Gasteiger partial charge in [0.1, 0.15) is 5.75 Å². The van der Waals surface area contributed by atoms with Gasteiger partial charge < -0.3 is 24.4 Å². The topological polar surface area (TPSA) is 68.2 Å². The maximum atomic E-state index is 11.2. The van der Waals surface area contributed by atoms with Crippen molar-refractivity contribution in [3.05, 3.63) is 65.7 Å². The second-order valence-corrected chi connectivity index (χ2v) is 7.42. The molecule has 0 aliphatic heterocycles. The van der Waals surface area contributed by atoms with Gasteiger partial charge in [0, 0.05) is 11.1 Å². The lowest BCUT2D eigenvalue weighted by Gasteiger charge is -2.19. The van der Waals surface area contributed by atoms with Crippen LogP contribution in [-0.4, -0.2) is 31.5 Å². The van der Waals surface area contributed by atoms with Gasteiger partial charge in [-0.15, -0.1) is 0 Å². The lowest BCUT2D eigenvalue weighted by Crippen LogP contribution is -1.97. The summed E-state index contributed by atoms with van der Waals surface area (Å²) in [5, 5.41) is 21.8. The number of aromatic hydroxyl groups is 2. The van der Waals surface area contributed by atoms with E-state index in [9.17, 15) is 10.2 Å². The molecule has 0 saturated carbocycles. The molecule has 162 valence electrons. The molecule has 0 aliphatic carbocycles. The van der Waals surface area contributed by atoms with Crippen LogP contribution in [0.5, 0.6) is 28.7 Å². The Bertz CT molecular complexity index is 1100. The predicted molar refractivity (Wildman–Crippen MR) is 123 cm³/mol. The van der Waals surface area contributed by atoms with Gasteiger partial charge in [0.25, 0.3) is 0 Å². The predicted octanol–water partition coefficient (Wildman–Crippen LogP) is 5.97. The molecule has 0 radical (unpaired) electrons. The summed E-state index contributed by atoms with van der Waals surface area (Å²) in [5.41, 5.74) is 4.56. The van der Waals surface area contributed by atoms with E-state index in [1.54, 1.807) is 13.2 Å². The molecule has 3 rings (SSSR count). The quantitative estimate of drug-likeness (QED) is 0.461. The van der Waals surface area contributed by atoms with Crippen LogP contribution in [0.4, 0.5) is 0 Å². The van der Waals surface area contributed by atoms with Crippen LogP contribution in [0.25, 0.3) is 22.3 Å². The van der Waals surface area contributed by atoms with Gasteiger partial charge in [-0.1, -0.05) is 42.0 Å². The first kappa shape index (κ1) is 22.1. The fraction of sp³-hybridized carbons (Fsp3) is 0.231. The monoisotopic (exact) mass is 420 g/mol. The van der Waals surface area contributed by atoms with E-state index in [-0.39, 0.29) is 11.5 Å². The summed E-state index contributed by atoms with van der Waals surface area (Å²) >= 11 is 0. The van der Waals surface area contributed by atoms with Gasteiger partial charge in [0.15, 0.2) is 23.0 Å². The number of hydrogen-bond donors (Lipinski definition) is 2. The van der Waals surface area contributed by atoms with Crippen LogP contribution in [0.2, 0.25) is 0 Å². The molecule has 0 bridgehead atoms. The summed E-state index contributed by atoms with van der Waals surface area (Å²) in [7, 11) is 4.58. The van der Waals surface area contributed by atoms with Crippen LogP contribution in [0, 0.1) is 0 Å². The van der Waals surface area contributed by atoms with E-state index in [1.807, 2.05) is 62.4 Å². The van der Waals surface area contributed by atoms with Crippen LogP contribution >= 0.6 is 0 Å². The van der Waals surface area contributed by atoms with E-state index in [0.29, 0.717) is 40.4 Å².